The van der Waals surface area contributed by atoms with Crippen LogP contribution in [0.1, 0.15) is 36.7 Å². The third kappa shape index (κ3) is 2.83. The average Bonchev–Trinajstić information content (AvgIpc) is 2.87. The number of H-pyrrole nitrogens is 1. The van der Waals surface area contributed by atoms with Crippen LogP contribution in [0.5, 0.6) is 0 Å². The van der Waals surface area contributed by atoms with Crippen molar-refractivity contribution in [3.05, 3.63) is 17.0 Å². The van der Waals surface area contributed by atoms with Crippen LogP contribution in [0, 0.1) is 0 Å². The van der Waals surface area contributed by atoms with Crippen LogP contribution in [-0.2, 0) is 19.4 Å². The van der Waals surface area contributed by atoms with Gasteiger partial charge in [-0.2, -0.15) is 5.10 Å². The molecule has 4 nitrogen and oxygen atoms in total. The third-order valence-corrected chi connectivity index (χ3v) is 3.09. The number of rotatable bonds is 7. The minimum Gasteiger partial charge on any atom is -0.315 e. The molecular formula is C12H22N4. The molecule has 0 unspecified atom stereocenters. The van der Waals surface area contributed by atoms with E-state index >= 15 is 0 Å². The minimum absolute atomic E-state index is 0.902. The molecule has 0 aromatic carbocycles. The summed E-state index contributed by atoms with van der Waals surface area (Å²) in [6.07, 6.45) is 4.87. The van der Waals surface area contributed by atoms with E-state index < -0.39 is 0 Å². The highest BCUT2D eigenvalue weighted by Gasteiger charge is 2.17. The molecule has 0 fully saturated rings. The fourth-order valence-electron chi connectivity index (χ4n) is 2.22. The zero-order chi connectivity index (χ0) is 11.2. The van der Waals surface area contributed by atoms with E-state index in [2.05, 4.69) is 27.8 Å². The van der Waals surface area contributed by atoms with Gasteiger partial charge in [0.25, 0.3) is 0 Å². The molecule has 90 valence electrons. The molecular weight excluding hydrogens is 200 g/mol. The summed E-state index contributed by atoms with van der Waals surface area (Å²) in [4.78, 5) is 0. The topological polar surface area (TPSA) is 52.7 Å². The van der Waals surface area contributed by atoms with E-state index in [0.29, 0.717) is 0 Å². The molecule has 1 aliphatic carbocycles. The van der Waals surface area contributed by atoms with Crippen LogP contribution >= 0.6 is 0 Å². The summed E-state index contributed by atoms with van der Waals surface area (Å²) < 4.78 is 0. The van der Waals surface area contributed by atoms with Crippen LogP contribution < -0.4 is 10.6 Å². The van der Waals surface area contributed by atoms with Crippen molar-refractivity contribution in [1.82, 2.24) is 20.8 Å². The van der Waals surface area contributed by atoms with Crippen molar-refractivity contribution < 1.29 is 0 Å². The molecule has 3 N–H and O–H groups in total. The Hall–Kier alpha value is -0.870. The summed E-state index contributed by atoms with van der Waals surface area (Å²) in [6.45, 7) is 6.26. The smallest absolute Gasteiger partial charge is 0.0794 e. The van der Waals surface area contributed by atoms with Crippen LogP contribution in [0.2, 0.25) is 0 Å². The highest BCUT2D eigenvalue weighted by Crippen LogP contribution is 2.22. The van der Waals surface area contributed by atoms with Gasteiger partial charge >= 0.3 is 0 Å². The Kier molecular flexibility index (Phi) is 4.36. The van der Waals surface area contributed by atoms with Gasteiger partial charge in [0.15, 0.2) is 0 Å². The minimum atomic E-state index is 0.902. The lowest BCUT2D eigenvalue weighted by Gasteiger charge is -2.04. The molecule has 16 heavy (non-hydrogen) atoms. The Morgan fingerprint density at radius 2 is 2.06 bits per heavy atom. The van der Waals surface area contributed by atoms with Crippen LogP contribution in [0.4, 0.5) is 0 Å². The second kappa shape index (κ2) is 6.01. The molecule has 4 heteroatoms. The average molecular weight is 222 g/mol. The largest absolute Gasteiger partial charge is 0.315 e. The zero-order valence-electron chi connectivity index (χ0n) is 10.1. The summed E-state index contributed by atoms with van der Waals surface area (Å²) in [5.41, 5.74) is 4.05. The fraction of sp³-hybridized carbons (Fsp3) is 0.750. The van der Waals surface area contributed by atoms with E-state index in [1.807, 2.05) is 0 Å². The van der Waals surface area contributed by atoms with Crippen LogP contribution in [0.25, 0.3) is 0 Å². The number of nitrogens with one attached hydrogen (secondary N) is 3. The van der Waals surface area contributed by atoms with Gasteiger partial charge in [-0.15, -0.1) is 0 Å². The van der Waals surface area contributed by atoms with Gasteiger partial charge in [-0.1, -0.05) is 6.92 Å². The molecule has 1 aromatic heterocycles. The summed E-state index contributed by atoms with van der Waals surface area (Å²) in [5, 5.41) is 14.3. The van der Waals surface area contributed by atoms with Gasteiger partial charge in [0.2, 0.25) is 0 Å². The van der Waals surface area contributed by atoms with Crippen molar-refractivity contribution in [1.29, 1.82) is 0 Å². The van der Waals surface area contributed by atoms with Gasteiger partial charge in [-0.25, -0.2) is 0 Å². The molecule has 0 amide bonds. The van der Waals surface area contributed by atoms with Gasteiger partial charge in [-0.3, -0.25) is 5.10 Å². The number of aromatic nitrogens is 2. The summed E-state index contributed by atoms with van der Waals surface area (Å²) >= 11 is 0. The normalized spacial score (nSPS) is 14.3. The molecule has 1 aliphatic rings. The standard InChI is InChI=1S/C12H22N4/c1-2-6-13-7-8-14-9-12-10-4-3-5-11(10)15-16-12/h13-14H,2-9H2,1H3,(H,15,16). The van der Waals surface area contributed by atoms with Crippen molar-refractivity contribution >= 4 is 0 Å². The van der Waals surface area contributed by atoms with Crippen molar-refractivity contribution in [2.45, 2.75) is 39.2 Å². The first-order chi connectivity index (χ1) is 7.92. The summed E-state index contributed by atoms with van der Waals surface area (Å²) in [6, 6.07) is 0. The summed E-state index contributed by atoms with van der Waals surface area (Å²) in [5.74, 6) is 0. The van der Waals surface area contributed by atoms with Gasteiger partial charge in [0.1, 0.15) is 0 Å². The molecule has 0 atom stereocenters. The number of aryl methyl sites for hydroxylation is 1. The SMILES string of the molecule is CCCNCCNCc1n[nH]c2c1CCC2. The van der Waals surface area contributed by atoms with Crippen molar-refractivity contribution in [2.75, 3.05) is 19.6 Å². The molecule has 2 rings (SSSR count). The number of aromatic amines is 1. The lowest BCUT2D eigenvalue weighted by molar-refractivity contribution is 0.599. The number of nitrogens with zero attached hydrogens (tertiary/aromatic N) is 1. The van der Waals surface area contributed by atoms with Crippen LogP contribution in [0.15, 0.2) is 0 Å². The highest BCUT2D eigenvalue weighted by molar-refractivity contribution is 5.29. The van der Waals surface area contributed by atoms with E-state index in [1.54, 1.807) is 0 Å². The fourth-order valence-corrected chi connectivity index (χ4v) is 2.22. The second-order valence-corrected chi connectivity index (χ2v) is 4.41. The van der Waals surface area contributed by atoms with Crippen LogP contribution in [-0.4, -0.2) is 29.8 Å². The Morgan fingerprint density at radius 1 is 1.19 bits per heavy atom. The maximum absolute atomic E-state index is 4.36. The predicted octanol–water partition coefficient (Wildman–Crippen LogP) is 0.988. The lowest BCUT2D eigenvalue weighted by Crippen LogP contribution is -2.27. The first-order valence-electron chi connectivity index (χ1n) is 6.38. The van der Waals surface area contributed by atoms with E-state index in [-0.39, 0.29) is 0 Å². The van der Waals surface area contributed by atoms with Gasteiger partial charge in [-0.05, 0) is 37.8 Å². The third-order valence-electron chi connectivity index (χ3n) is 3.09. The molecule has 1 heterocycles. The second-order valence-electron chi connectivity index (χ2n) is 4.41. The Bertz CT molecular complexity index is 319. The first kappa shape index (κ1) is 11.6. The maximum atomic E-state index is 4.36. The van der Waals surface area contributed by atoms with E-state index in [0.717, 1.165) is 26.2 Å². The number of hydrogen-bond acceptors (Lipinski definition) is 3. The Balaban J connectivity index is 1.66. The molecule has 0 bridgehead atoms. The number of hydrogen-bond donors (Lipinski definition) is 3. The van der Waals surface area contributed by atoms with Crippen molar-refractivity contribution in [2.24, 2.45) is 0 Å². The molecule has 1 aromatic rings. The molecule has 0 saturated heterocycles. The van der Waals surface area contributed by atoms with Crippen molar-refractivity contribution in [3.8, 4) is 0 Å². The van der Waals surface area contributed by atoms with Crippen molar-refractivity contribution in [3.63, 3.8) is 0 Å². The van der Waals surface area contributed by atoms with E-state index in [4.69, 9.17) is 0 Å². The number of fused-ring (bicyclic) bond motifs is 1. The Morgan fingerprint density at radius 3 is 2.94 bits per heavy atom. The summed E-state index contributed by atoms with van der Waals surface area (Å²) in [7, 11) is 0. The van der Waals surface area contributed by atoms with E-state index in [9.17, 15) is 0 Å². The molecule has 0 aliphatic heterocycles. The van der Waals surface area contributed by atoms with Gasteiger partial charge in [0.05, 0.1) is 5.69 Å². The van der Waals surface area contributed by atoms with Gasteiger partial charge in [0, 0.05) is 25.3 Å². The highest BCUT2D eigenvalue weighted by atomic mass is 15.1. The molecule has 0 radical (unpaired) electrons. The van der Waals surface area contributed by atoms with Gasteiger partial charge < -0.3 is 10.6 Å². The monoisotopic (exact) mass is 222 g/mol. The zero-order valence-corrected chi connectivity index (χ0v) is 10.1. The Labute approximate surface area is 97.2 Å². The quantitative estimate of drug-likeness (QED) is 0.603. The predicted molar refractivity (Wildman–Crippen MR) is 65.5 cm³/mol. The maximum Gasteiger partial charge on any atom is 0.0794 e. The lowest BCUT2D eigenvalue weighted by atomic mass is 10.2. The molecule has 0 spiro atoms. The van der Waals surface area contributed by atoms with E-state index in [1.165, 1.54) is 42.6 Å². The first-order valence-corrected chi connectivity index (χ1v) is 6.38. The van der Waals surface area contributed by atoms with Crippen LogP contribution in [0.3, 0.4) is 0 Å². The molecule has 0 saturated carbocycles.